The van der Waals surface area contributed by atoms with Crippen LogP contribution >= 0.6 is 11.8 Å². The van der Waals surface area contributed by atoms with Gasteiger partial charge in [-0.15, -0.1) is 18.3 Å². The molecule has 0 N–H and O–H groups in total. The van der Waals surface area contributed by atoms with Gasteiger partial charge in [0.25, 0.3) is 11.8 Å². The van der Waals surface area contributed by atoms with Gasteiger partial charge in [-0.05, 0) is 35.7 Å². The first-order valence-corrected chi connectivity index (χ1v) is 10.1. The summed E-state index contributed by atoms with van der Waals surface area (Å²) in [5, 5.41) is 0. The summed E-state index contributed by atoms with van der Waals surface area (Å²) in [5.74, 6) is 1.79. The van der Waals surface area contributed by atoms with Crippen LogP contribution in [0.5, 0.6) is 5.75 Å². The lowest BCUT2D eigenvalue weighted by molar-refractivity contribution is -0.135. The van der Waals surface area contributed by atoms with Crippen LogP contribution in [-0.2, 0) is 15.3 Å². The van der Waals surface area contributed by atoms with Gasteiger partial charge in [-0.25, -0.2) is 0 Å². The topological polar surface area (TPSA) is 59.8 Å². The van der Waals surface area contributed by atoms with Crippen molar-refractivity contribution in [2.75, 3.05) is 13.2 Å². The molecule has 0 spiro atoms. The maximum atomic E-state index is 12.9. The van der Waals surface area contributed by atoms with E-state index in [-0.39, 0.29) is 18.4 Å². The van der Waals surface area contributed by atoms with E-state index in [2.05, 4.69) is 20.4 Å². The first kappa shape index (κ1) is 20.0. The van der Waals surface area contributed by atoms with Gasteiger partial charge in [0.05, 0.1) is 29.1 Å². The fraction of sp³-hybridized carbons (Fsp3) is 0.273. The molecule has 1 aliphatic rings. The van der Waals surface area contributed by atoms with E-state index in [1.165, 1.54) is 16.7 Å². The Morgan fingerprint density at radius 1 is 1.18 bits per heavy atom. The van der Waals surface area contributed by atoms with Crippen molar-refractivity contribution in [3.63, 3.8) is 0 Å². The van der Waals surface area contributed by atoms with Crippen LogP contribution < -0.4 is 4.74 Å². The number of imide groups is 1. The van der Waals surface area contributed by atoms with Gasteiger partial charge in [0, 0.05) is 6.54 Å². The predicted octanol–water partition coefficient (Wildman–Crippen LogP) is 4.51. The minimum atomic E-state index is -0.303. The molecule has 0 bridgehead atoms. The van der Waals surface area contributed by atoms with Crippen LogP contribution in [0.3, 0.4) is 0 Å². The largest absolute Gasteiger partial charge is 0.493 e. The molecule has 0 unspecified atom stereocenters. The van der Waals surface area contributed by atoms with E-state index in [0.29, 0.717) is 34.3 Å². The molecule has 1 aliphatic heterocycles. The molecule has 0 radical (unpaired) electrons. The highest BCUT2D eigenvalue weighted by molar-refractivity contribution is 8.03. The Morgan fingerprint density at radius 2 is 1.93 bits per heavy atom. The maximum Gasteiger partial charge on any atom is 0.268 e. The number of amides is 2. The number of carbonyl (C=O) groups is 2. The van der Waals surface area contributed by atoms with Crippen molar-refractivity contribution >= 4 is 29.1 Å². The van der Waals surface area contributed by atoms with Crippen LogP contribution in [0.4, 0.5) is 0 Å². The van der Waals surface area contributed by atoms with Gasteiger partial charge < -0.3 is 9.15 Å². The Morgan fingerprint density at radius 3 is 2.54 bits per heavy atom. The molecule has 0 aliphatic carbocycles. The SMILES string of the molecule is C=CCN1C(=O)C(SCc2ccco2)=C(c2ccc(OCC(C)C)cc2)C1=O. The summed E-state index contributed by atoms with van der Waals surface area (Å²) >= 11 is 1.31. The number of benzene rings is 1. The Labute approximate surface area is 169 Å². The Kier molecular flexibility index (Phi) is 6.41. The van der Waals surface area contributed by atoms with E-state index in [1.54, 1.807) is 18.4 Å². The average Bonchev–Trinajstić information content (AvgIpc) is 3.28. The molecule has 2 amide bonds. The zero-order valence-corrected chi connectivity index (χ0v) is 16.8. The summed E-state index contributed by atoms with van der Waals surface area (Å²) < 4.78 is 11.1. The number of ether oxygens (including phenoxy) is 1. The molecule has 28 heavy (non-hydrogen) atoms. The van der Waals surface area contributed by atoms with E-state index < -0.39 is 0 Å². The monoisotopic (exact) mass is 397 g/mol. The van der Waals surface area contributed by atoms with Crippen molar-refractivity contribution in [3.05, 3.63) is 71.5 Å². The van der Waals surface area contributed by atoms with Gasteiger partial charge in [-0.1, -0.05) is 32.1 Å². The molecule has 3 rings (SSSR count). The van der Waals surface area contributed by atoms with Gasteiger partial charge in [0.1, 0.15) is 11.5 Å². The lowest BCUT2D eigenvalue weighted by Crippen LogP contribution is -2.31. The van der Waals surface area contributed by atoms with Crippen LogP contribution in [0, 0.1) is 5.92 Å². The lowest BCUT2D eigenvalue weighted by atomic mass is 10.1. The van der Waals surface area contributed by atoms with E-state index in [1.807, 2.05) is 30.3 Å². The first-order valence-electron chi connectivity index (χ1n) is 9.11. The highest BCUT2D eigenvalue weighted by Gasteiger charge is 2.38. The zero-order valence-electron chi connectivity index (χ0n) is 16.0. The normalized spacial score (nSPS) is 14.3. The molecule has 0 fully saturated rings. The number of hydrogen-bond acceptors (Lipinski definition) is 5. The minimum absolute atomic E-state index is 0.182. The Bertz CT molecular complexity index is 882. The van der Waals surface area contributed by atoms with Gasteiger partial charge in [-0.3, -0.25) is 14.5 Å². The Hall–Kier alpha value is -2.73. The van der Waals surface area contributed by atoms with Gasteiger partial charge in [0.15, 0.2) is 0 Å². The molecule has 1 aromatic heterocycles. The van der Waals surface area contributed by atoms with E-state index in [9.17, 15) is 9.59 Å². The second kappa shape index (κ2) is 8.97. The third kappa shape index (κ3) is 4.39. The van der Waals surface area contributed by atoms with E-state index >= 15 is 0 Å². The van der Waals surface area contributed by atoms with Crippen LogP contribution in [0.2, 0.25) is 0 Å². The minimum Gasteiger partial charge on any atom is -0.493 e. The summed E-state index contributed by atoms with van der Waals surface area (Å²) in [6.45, 7) is 8.61. The summed E-state index contributed by atoms with van der Waals surface area (Å²) in [5.41, 5.74) is 1.11. The molecule has 6 heteroatoms. The molecule has 0 saturated heterocycles. The van der Waals surface area contributed by atoms with E-state index in [4.69, 9.17) is 9.15 Å². The standard InChI is InChI=1S/C22H23NO4S/c1-4-11-23-21(24)19(16-7-9-17(10-8-16)27-13-15(2)3)20(22(23)25)28-14-18-6-5-12-26-18/h4-10,12,15H,1,11,13-14H2,2-3H3. The third-order valence-electron chi connectivity index (χ3n) is 4.10. The number of hydrogen-bond donors (Lipinski definition) is 0. The van der Waals surface area contributed by atoms with Crippen molar-refractivity contribution in [1.29, 1.82) is 0 Å². The molecular formula is C22H23NO4S. The molecule has 1 aromatic carbocycles. The fourth-order valence-corrected chi connectivity index (χ4v) is 3.79. The van der Waals surface area contributed by atoms with Gasteiger partial charge in [0.2, 0.25) is 0 Å². The van der Waals surface area contributed by atoms with E-state index in [0.717, 1.165) is 11.5 Å². The molecule has 2 aromatic rings. The van der Waals surface area contributed by atoms with Crippen molar-refractivity contribution in [2.24, 2.45) is 5.92 Å². The summed E-state index contributed by atoms with van der Waals surface area (Å²) in [6, 6.07) is 10.9. The number of nitrogens with zero attached hydrogens (tertiary/aromatic N) is 1. The second-order valence-corrected chi connectivity index (χ2v) is 7.80. The summed E-state index contributed by atoms with van der Waals surface area (Å²) in [4.78, 5) is 27.4. The molecular weight excluding hydrogens is 374 g/mol. The van der Waals surface area contributed by atoms with Gasteiger partial charge >= 0.3 is 0 Å². The van der Waals surface area contributed by atoms with Crippen LogP contribution in [0.15, 0.2) is 64.6 Å². The summed E-state index contributed by atoms with van der Waals surface area (Å²) in [6.07, 6.45) is 3.14. The highest BCUT2D eigenvalue weighted by Crippen LogP contribution is 2.38. The number of furan rings is 1. The first-order chi connectivity index (χ1) is 13.5. The zero-order chi connectivity index (χ0) is 20.1. The quantitative estimate of drug-likeness (QED) is 0.460. The van der Waals surface area contributed by atoms with Crippen LogP contribution in [0.25, 0.3) is 5.57 Å². The molecule has 2 heterocycles. The molecule has 0 saturated carbocycles. The predicted molar refractivity (Wildman–Crippen MR) is 111 cm³/mol. The molecule has 146 valence electrons. The van der Waals surface area contributed by atoms with Crippen LogP contribution in [-0.4, -0.2) is 29.9 Å². The second-order valence-electron chi connectivity index (χ2n) is 6.81. The number of rotatable bonds is 9. The number of thioether (sulfide) groups is 1. The maximum absolute atomic E-state index is 12.9. The number of carbonyl (C=O) groups excluding carboxylic acids is 2. The summed E-state index contributed by atoms with van der Waals surface area (Å²) in [7, 11) is 0. The van der Waals surface area contributed by atoms with Crippen LogP contribution in [0.1, 0.15) is 25.2 Å². The van der Waals surface area contributed by atoms with Crippen molar-refractivity contribution in [3.8, 4) is 5.75 Å². The average molecular weight is 397 g/mol. The highest BCUT2D eigenvalue weighted by atomic mass is 32.2. The lowest BCUT2D eigenvalue weighted by Gasteiger charge is -2.12. The smallest absolute Gasteiger partial charge is 0.268 e. The fourth-order valence-electron chi connectivity index (χ4n) is 2.76. The van der Waals surface area contributed by atoms with Crippen molar-refractivity contribution in [2.45, 2.75) is 19.6 Å². The van der Waals surface area contributed by atoms with Crippen molar-refractivity contribution in [1.82, 2.24) is 4.90 Å². The Balaban J connectivity index is 1.88. The molecule has 5 nitrogen and oxygen atoms in total. The van der Waals surface area contributed by atoms with Gasteiger partial charge in [-0.2, -0.15) is 0 Å². The third-order valence-corrected chi connectivity index (χ3v) is 5.20. The molecule has 0 atom stereocenters. The van der Waals surface area contributed by atoms with Crippen molar-refractivity contribution < 1.29 is 18.7 Å².